The van der Waals surface area contributed by atoms with Crippen molar-refractivity contribution >= 4 is 60.9 Å². The van der Waals surface area contributed by atoms with E-state index in [1.165, 1.54) is 11.3 Å². The van der Waals surface area contributed by atoms with Crippen LogP contribution in [0.4, 0.5) is 5.13 Å². The average molecular weight is 513 g/mol. The second kappa shape index (κ2) is 9.96. The molecule has 30 heavy (non-hydrogen) atoms. The molecule has 4 rings (SSSR count). The van der Waals surface area contributed by atoms with Gasteiger partial charge < -0.3 is 14.4 Å². The molecule has 0 saturated heterocycles. The molecule has 0 fully saturated rings. The Balaban J connectivity index is 0.00000256. The molecule has 0 saturated carbocycles. The predicted octanol–water partition coefficient (Wildman–Crippen LogP) is 5.20. The van der Waals surface area contributed by atoms with Crippen molar-refractivity contribution in [2.24, 2.45) is 0 Å². The highest BCUT2D eigenvalue weighted by Crippen LogP contribution is 2.40. The number of aromatic nitrogens is 1. The number of thiazole rings is 1. The molecule has 0 bridgehead atoms. The Labute approximate surface area is 194 Å². The number of benzene rings is 2. The molecule has 1 amide bonds. The summed E-state index contributed by atoms with van der Waals surface area (Å²) >= 11 is 5.00. The molecule has 0 aliphatic carbocycles. The van der Waals surface area contributed by atoms with E-state index in [-0.39, 0.29) is 25.1 Å². The topological polar surface area (TPSA) is 54.9 Å². The summed E-state index contributed by atoms with van der Waals surface area (Å²) in [5.41, 5.74) is 1.43. The third-order valence-corrected chi connectivity index (χ3v) is 6.72. The molecule has 2 aromatic carbocycles. The van der Waals surface area contributed by atoms with Crippen molar-refractivity contribution < 1.29 is 14.3 Å². The van der Waals surface area contributed by atoms with Gasteiger partial charge in [-0.2, -0.15) is 0 Å². The zero-order valence-corrected chi connectivity index (χ0v) is 20.0. The number of fused-ring (bicyclic) bond motifs is 2. The molecule has 2 heterocycles. The van der Waals surface area contributed by atoms with E-state index >= 15 is 0 Å². The van der Waals surface area contributed by atoms with Crippen molar-refractivity contribution in [1.82, 2.24) is 9.88 Å². The van der Waals surface area contributed by atoms with Gasteiger partial charge in [0, 0.05) is 29.7 Å². The zero-order chi connectivity index (χ0) is 20.4. The van der Waals surface area contributed by atoms with Gasteiger partial charge in [-0.15, -0.1) is 12.4 Å². The van der Waals surface area contributed by atoms with Crippen molar-refractivity contribution in [2.75, 3.05) is 37.9 Å². The third-order valence-electron chi connectivity index (χ3n) is 4.99. The van der Waals surface area contributed by atoms with Crippen LogP contribution in [0.25, 0.3) is 10.2 Å². The Morgan fingerprint density at radius 3 is 2.53 bits per heavy atom. The van der Waals surface area contributed by atoms with Crippen LogP contribution in [0.2, 0.25) is 0 Å². The number of hydrogen-bond donors (Lipinski definition) is 0. The number of ether oxygens (including phenoxy) is 2. The van der Waals surface area contributed by atoms with Gasteiger partial charge in [0.25, 0.3) is 5.91 Å². The summed E-state index contributed by atoms with van der Waals surface area (Å²) in [6, 6.07) is 11.3. The molecule has 0 N–H and O–H groups in total. The number of nitrogens with zero attached hydrogens (tertiary/aromatic N) is 3. The second-order valence-corrected chi connectivity index (χ2v) is 8.50. The molecule has 0 radical (unpaired) electrons. The third kappa shape index (κ3) is 4.56. The average Bonchev–Trinajstić information content (AvgIpc) is 3.35. The summed E-state index contributed by atoms with van der Waals surface area (Å²) < 4.78 is 12.7. The van der Waals surface area contributed by atoms with Gasteiger partial charge in [-0.25, -0.2) is 4.98 Å². The summed E-state index contributed by atoms with van der Waals surface area (Å²) in [5.74, 6) is 1.35. The van der Waals surface area contributed by atoms with Crippen molar-refractivity contribution in [3.05, 3.63) is 46.4 Å². The van der Waals surface area contributed by atoms with E-state index in [1.54, 1.807) is 4.90 Å². The van der Waals surface area contributed by atoms with Gasteiger partial charge in [-0.3, -0.25) is 9.69 Å². The van der Waals surface area contributed by atoms with Crippen molar-refractivity contribution in [3.8, 4) is 11.5 Å². The molecule has 0 atom stereocenters. The highest BCUT2D eigenvalue weighted by molar-refractivity contribution is 9.10. The van der Waals surface area contributed by atoms with E-state index in [0.717, 1.165) is 40.1 Å². The maximum Gasteiger partial charge on any atom is 0.261 e. The van der Waals surface area contributed by atoms with E-state index in [2.05, 4.69) is 34.7 Å². The zero-order valence-electron chi connectivity index (χ0n) is 16.8. The Morgan fingerprint density at radius 1 is 1.13 bits per heavy atom. The van der Waals surface area contributed by atoms with E-state index in [9.17, 15) is 4.79 Å². The highest BCUT2D eigenvalue weighted by atomic mass is 79.9. The number of hydrogen-bond acceptors (Lipinski definition) is 6. The van der Waals surface area contributed by atoms with Gasteiger partial charge in [0.15, 0.2) is 16.6 Å². The number of carbonyl (C=O) groups is 1. The lowest BCUT2D eigenvalue weighted by atomic mass is 10.2. The van der Waals surface area contributed by atoms with E-state index in [4.69, 9.17) is 14.5 Å². The quantitative estimate of drug-likeness (QED) is 0.436. The lowest BCUT2D eigenvalue weighted by molar-refractivity contribution is 0.0983. The summed E-state index contributed by atoms with van der Waals surface area (Å²) in [4.78, 5) is 22.2. The minimum absolute atomic E-state index is 0. The molecule has 0 spiro atoms. The monoisotopic (exact) mass is 511 g/mol. The Hall–Kier alpha value is -1.87. The molecule has 1 aromatic heterocycles. The lowest BCUT2D eigenvalue weighted by Crippen LogP contribution is -2.39. The molecule has 0 unspecified atom stereocenters. The van der Waals surface area contributed by atoms with Gasteiger partial charge in [0.1, 0.15) is 0 Å². The first-order valence-corrected chi connectivity index (χ1v) is 11.2. The van der Waals surface area contributed by atoms with E-state index in [0.29, 0.717) is 23.0 Å². The normalized spacial score (nSPS) is 12.3. The van der Waals surface area contributed by atoms with Crippen LogP contribution in [0.1, 0.15) is 24.2 Å². The van der Waals surface area contributed by atoms with Crippen LogP contribution < -0.4 is 14.4 Å². The molecule has 9 heteroatoms. The van der Waals surface area contributed by atoms with Crippen LogP contribution >= 0.6 is 39.7 Å². The molecule has 1 aliphatic heterocycles. The van der Waals surface area contributed by atoms with Gasteiger partial charge in [0.05, 0.1) is 15.8 Å². The summed E-state index contributed by atoms with van der Waals surface area (Å²) in [6.45, 7) is 7.71. The van der Waals surface area contributed by atoms with Crippen LogP contribution in [0.15, 0.2) is 40.9 Å². The summed E-state index contributed by atoms with van der Waals surface area (Å²) in [7, 11) is 0. The number of amides is 1. The van der Waals surface area contributed by atoms with Gasteiger partial charge in [-0.05, 0) is 41.2 Å². The molecule has 6 nitrogen and oxygen atoms in total. The number of likely N-dealkylation sites (N-methyl/N-ethyl adjacent to an activating group) is 1. The summed E-state index contributed by atoms with van der Waals surface area (Å²) in [6.07, 6.45) is 0. The van der Waals surface area contributed by atoms with Crippen molar-refractivity contribution in [2.45, 2.75) is 13.8 Å². The number of rotatable bonds is 7. The highest BCUT2D eigenvalue weighted by Gasteiger charge is 2.24. The van der Waals surface area contributed by atoms with Crippen LogP contribution in [-0.4, -0.2) is 48.8 Å². The van der Waals surface area contributed by atoms with E-state index in [1.807, 2.05) is 36.4 Å². The SMILES string of the molecule is CCN(CC)CCN(C(=O)c1ccccc1Br)c1nc2cc3c(cc2s1)OCO3.Cl. The second-order valence-electron chi connectivity index (χ2n) is 6.63. The molecule has 160 valence electrons. The summed E-state index contributed by atoms with van der Waals surface area (Å²) in [5, 5.41) is 0.677. The fourth-order valence-electron chi connectivity index (χ4n) is 3.27. The van der Waals surface area contributed by atoms with Crippen LogP contribution in [-0.2, 0) is 0 Å². The first kappa shape index (κ1) is 22.8. The maximum absolute atomic E-state index is 13.4. The Bertz CT molecular complexity index is 1000. The van der Waals surface area contributed by atoms with E-state index < -0.39 is 0 Å². The molecular formula is C21H23BrClN3O3S. The standard InChI is InChI=1S/C21H22BrN3O3S.ClH/c1-3-24(4-2)9-10-25(20(26)14-7-5-6-8-15(14)22)21-23-16-11-17-18(28-13-27-17)12-19(16)29-21;/h5-8,11-12H,3-4,9-10,13H2,1-2H3;1H. The van der Waals surface area contributed by atoms with Crippen LogP contribution in [0, 0.1) is 0 Å². The first-order chi connectivity index (χ1) is 14.1. The fraction of sp³-hybridized carbons (Fsp3) is 0.333. The minimum Gasteiger partial charge on any atom is -0.454 e. The van der Waals surface area contributed by atoms with Crippen molar-refractivity contribution in [3.63, 3.8) is 0 Å². The lowest BCUT2D eigenvalue weighted by Gasteiger charge is -2.25. The Morgan fingerprint density at radius 2 is 1.83 bits per heavy atom. The minimum atomic E-state index is -0.0660. The first-order valence-electron chi connectivity index (χ1n) is 9.59. The molecule has 3 aromatic rings. The number of carbonyl (C=O) groups excluding carboxylic acids is 1. The predicted molar refractivity (Wildman–Crippen MR) is 127 cm³/mol. The van der Waals surface area contributed by atoms with Gasteiger partial charge in [-0.1, -0.05) is 37.3 Å². The van der Waals surface area contributed by atoms with Crippen LogP contribution in [0.5, 0.6) is 11.5 Å². The van der Waals surface area contributed by atoms with Gasteiger partial charge in [0.2, 0.25) is 6.79 Å². The number of anilines is 1. The fourth-order valence-corrected chi connectivity index (χ4v) is 4.72. The Kier molecular flexibility index (Phi) is 7.57. The number of halogens is 2. The largest absolute Gasteiger partial charge is 0.454 e. The van der Waals surface area contributed by atoms with Gasteiger partial charge >= 0.3 is 0 Å². The molecular weight excluding hydrogens is 490 g/mol. The molecule has 1 aliphatic rings. The van der Waals surface area contributed by atoms with Crippen LogP contribution in [0.3, 0.4) is 0 Å². The van der Waals surface area contributed by atoms with Crippen molar-refractivity contribution in [1.29, 1.82) is 0 Å². The smallest absolute Gasteiger partial charge is 0.261 e. The maximum atomic E-state index is 13.4.